The van der Waals surface area contributed by atoms with Gasteiger partial charge in [-0.1, -0.05) is 82.8 Å². The van der Waals surface area contributed by atoms with Gasteiger partial charge >= 0.3 is 0 Å². The van der Waals surface area contributed by atoms with Crippen LogP contribution in [0, 0.1) is 0 Å². The molecule has 2 rings (SSSR count). The zero-order chi connectivity index (χ0) is 19.9. The molecule has 2 aromatic rings. The lowest BCUT2D eigenvalue weighted by atomic mass is 10.2. The molecule has 4 nitrogen and oxygen atoms in total. The predicted molar refractivity (Wildman–Crippen MR) is 119 cm³/mol. The fourth-order valence-electron chi connectivity index (χ4n) is 1.99. The van der Waals surface area contributed by atoms with E-state index in [1.165, 1.54) is 6.08 Å². The summed E-state index contributed by atoms with van der Waals surface area (Å²) in [6, 6.07) is 16.3. The van der Waals surface area contributed by atoms with E-state index in [1.54, 1.807) is 30.3 Å². The van der Waals surface area contributed by atoms with E-state index in [1.807, 2.05) is 30.3 Å². The summed E-state index contributed by atoms with van der Waals surface area (Å²) in [4.78, 5) is 12.2. The minimum Gasteiger partial charge on any atom is -0.339 e. The van der Waals surface area contributed by atoms with Gasteiger partial charge in [-0.05, 0) is 42.1 Å². The van der Waals surface area contributed by atoms with Crippen molar-refractivity contribution in [3.63, 3.8) is 0 Å². The van der Waals surface area contributed by atoms with Gasteiger partial charge in [-0.15, -0.1) is 0 Å². The Hall–Kier alpha value is -1.50. The Labute approximate surface area is 182 Å². The van der Waals surface area contributed by atoms with Gasteiger partial charge in [0.05, 0.1) is 0 Å². The van der Waals surface area contributed by atoms with Crippen molar-refractivity contribution >= 4 is 81.4 Å². The Morgan fingerprint density at radius 3 is 2.37 bits per heavy atom. The molecule has 3 N–H and O–H groups in total. The molecule has 0 aromatic heterocycles. The highest BCUT2D eigenvalue weighted by Crippen LogP contribution is 2.29. The lowest BCUT2D eigenvalue weighted by Crippen LogP contribution is -2.55. The number of carbonyl (C=O) groups excluding carboxylic acids is 1. The summed E-state index contributed by atoms with van der Waals surface area (Å²) in [6.07, 6.45) is 1.93. The second-order valence-corrected chi connectivity index (χ2v) is 8.55. The summed E-state index contributed by atoms with van der Waals surface area (Å²) >= 11 is 29.0. The topological polar surface area (TPSA) is 53.2 Å². The number of alkyl halides is 3. The number of carbonyl (C=O) groups is 1. The van der Waals surface area contributed by atoms with Crippen molar-refractivity contribution in [2.75, 3.05) is 5.32 Å². The van der Waals surface area contributed by atoms with Crippen LogP contribution in [0.15, 0.2) is 60.7 Å². The van der Waals surface area contributed by atoms with Gasteiger partial charge in [-0.3, -0.25) is 4.79 Å². The Balaban J connectivity index is 1.99. The van der Waals surface area contributed by atoms with Gasteiger partial charge < -0.3 is 16.0 Å². The molecule has 1 atom stereocenters. The lowest BCUT2D eigenvalue weighted by Gasteiger charge is -2.27. The largest absolute Gasteiger partial charge is 0.339 e. The maximum absolute atomic E-state index is 12.2. The quantitative estimate of drug-likeness (QED) is 0.249. The Bertz CT molecular complexity index is 825. The molecular formula is C18H15Cl4N3OS. The molecule has 27 heavy (non-hydrogen) atoms. The number of benzene rings is 2. The molecule has 0 fully saturated rings. The van der Waals surface area contributed by atoms with Gasteiger partial charge in [0, 0.05) is 16.8 Å². The number of hydrogen-bond donors (Lipinski definition) is 3. The van der Waals surface area contributed by atoms with Crippen molar-refractivity contribution in [1.82, 2.24) is 10.6 Å². The van der Waals surface area contributed by atoms with E-state index < -0.39 is 15.9 Å². The Kier molecular flexibility index (Phi) is 8.20. The van der Waals surface area contributed by atoms with Crippen LogP contribution in [0.1, 0.15) is 5.56 Å². The van der Waals surface area contributed by atoms with E-state index in [4.69, 9.17) is 58.6 Å². The first-order valence-corrected chi connectivity index (χ1v) is 9.59. The highest BCUT2D eigenvalue weighted by Gasteiger charge is 2.34. The second kappa shape index (κ2) is 10.2. The minimum absolute atomic E-state index is 0.154. The summed E-state index contributed by atoms with van der Waals surface area (Å²) in [7, 11) is 0. The van der Waals surface area contributed by atoms with E-state index in [2.05, 4.69) is 16.0 Å². The number of amides is 1. The number of rotatable bonds is 5. The van der Waals surface area contributed by atoms with E-state index in [0.717, 1.165) is 5.56 Å². The molecule has 0 saturated carbocycles. The molecule has 0 aliphatic rings. The molecule has 0 unspecified atom stereocenters. The van der Waals surface area contributed by atoms with Gasteiger partial charge in [-0.2, -0.15) is 0 Å². The maximum atomic E-state index is 12.2. The monoisotopic (exact) mass is 461 g/mol. The van der Waals surface area contributed by atoms with Crippen LogP contribution >= 0.6 is 58.6 Å². The summed E-state index contributed by atoms with van der Waals surface area (Å²) in [5.74, 6) is -0.451. The van der Waals surface area contributed by atoms with Crippen molar-refractivity contribution in [1.29, 1.82) is 0 Å². The van der Waals surface area contributed by atoms with Gasteiger partial charge in [0.25, 0.3) is 0 Å². The van der Waals surface area contributed by atoms with Crippen LogP contribution in [0.25, 0.3) is 6.08 Å². The molecule has 0 aliphatic heterocycles. The smallest absolute Gasteiger partial charge is 0.245 e. The summed E-state index contributed by atoms with van der Waals surface area (Å²) in [6.45, 7) is 0. The third-order valence-electron chi connectivity index (χ3n) is 3.20. The summed E-state index contributed by atoms with van der Waals surface area (Å²) < 4.78 is -1.84. The average Bonchev–Trinajstić information content (AvgIpc) is 2.59. The predicted octanol–water partition coefficient (Wildman–Crippen LogP) is 5.15. The van der Waals surface area contributed by atoms with Gasteiger partial charge in [0.2, 0.25) is 9.70 Å². The summed E-state index contributed by atoms with van der Waals surface area (Å²) in [5.41, 5.74) is 1.52. The third-order valence-corrected chi connectivity index (χ3v) is 4.31. The molecule has 9 heteroatoms. The molecule has 0 spiro atoms. The van der Waals surface area contributed by atoms with Gasteiger partial charge in [0.1, 0.15) is 6.17 Å². The number of hydrogen-bond acceptors (Lipinski definition) is 2. The molecule has 0 bridgehead atoms. The number of halogens is 4. The molecule has 0 heterocycles. The van der Waals surface area contributed by atoms with Crippen molar-refractivity contribution in [3.05, 3.63) is 71.3 Å². The normalized spacial score (nSPS) is 12.4. The molecule has 0 radical (unpaired) electrons. The van der Waals surface area contributed by atoms with Crippen molar-refractivity contribution in [2.24, 2.45) is 0 Å². The van der Waals surface area contributed by atoms with E-state index in [0.29, 0.717) is 10.7 Å². The first kappa shape index (κ1) is 21.8. The van der Waals surface area contributed by atoms with Crippen molar-refractivity contribution < 1.29 is 4.79 Å². The van der Waals surface area contributed by atoms with E-state index in [9.17, 15) is 4.79 Å². The zero-order valence-corrected chi connectivity index (χ0v) is 17.6. The van der Waals surface area contributed by atoms with Crippen LogP contribution < -0.4 is 16.0 Å². The SMILES string of the molecule is O=C(/C=C/c1ccccc1)N[C@H](NC(=S)Nc1cccc(Cl)c1)C(Cl)(Cl)Cl. The number of anilines is 1. The number of nitrogens with one attached hydrogen (secondary N) is 3. The van der Waals surface area contributed by atoms with E-state index in [-0.39, 0.29) is 5.11 Å². The van der Waals surface area contributed by atoms with Crippen LogP contribution in [-0.4, -0.2) is 21.0 Å². The van der Waals surface area contributed by atoms with Crippen LogP contribution in [0.5, 0.6) is 0 Å². The Morgan fingerprint density at radius 1 is 1.04 bits per heavy atom. The highest BCUT2D eigenvalue weighted by molar-refractivity contribution is 7.80. The first-order valence-electron chi connectivity index (χ1n) is 7.67. The van der Waals surface area contributed by atoms with Crippen LogP contribution in [0.3, 0.4) is 0 Å². The van der Waals surface area contributed by atoms with Crippen LogP contribution in [-0.2, 0) is 4.79 Å². The second-order valence-electron chi connectivity index (χ2n) is 5.34. The average molecular weight is 463 g/mol. The lowest BCUT2D eigenvalue weighted by molar-refractivity contribution is -0.117. The fraction of sp³-hybridized carbons (Fsp3) is 0.111. The van der Waals surface area contributed by atoms with Crippen molar-refractivity contribution in [2.45, 2.75) is 9.96 Å². The third kappa shape index (κ3) is 7.95. The van der Waals surface area contributed by atoms with Gasteiger partial charge in [-0.25, -0.2) is 0 Å². The molecular weight excluding hydrogens is 448 g/mol. The van der Waals surface area contributed by atoms with Gasteiger partial charge in [0.15, 0.2) is 5.11 Å². The summed E-state index contributed by atoms with van der Waals surface area (Å²) in [5, 5.41) is 8.94. The first-order chi connectivity index (χ1) is 12.7. The number of thiocarbonyl (C=S) groups is 1. The molecule has 142 valence electrons. The Morgan fingerprint density at radius 2 is 1.74 bits per heavy atom. The standard InChI is InChI=1S/C18H15Cl4N3OS/c19-13-7-4-8-14(11-13)23-17(27)25-16(18(20,21)22)24-15(26)10-9-12-5-2-1-3-6-12/h1-11,16H,(H,24,26)(H2,23,25,27)/b10-9+/t16-/m1/s1. The highest BCUT2D eigenvalue weighted by atomic mass is 35.6. The zero-order valence-electron chi connectivity index (χ0n) is 13.8. The fourth-order valence-corrected chi connectivity index (χ4v) is 2.74. The van der Waals surface area contributed by atoms with Crippen LogP contribution in [0.2, 0.25) is 5.02 Å². The van der Waals surface area contributed by atoms with Crippen molar-refractivity contribution in [3.8, 4) is 0 Å². The van der Waals surface area contributed by atoms with Crippen LogP contribution in [0.4, 0.5) is 5.69 Å². The minimum atomic E-state index is -1.84. The molecule has 2 aromatic carbocycles. The molecule has 0 aliphatic carbocycles. The maximum Gasteiger partial charge on any atom is 0.245 e. The molecule has 1 amide bonds. The molecule has 0 saturated heterocycles. The van der Waals surface area contributed by atoms with E-state index >= 15 is 0 Å².